The largest absolute Gasteiger partial charge is 0.392 e. The molecule has 0 aromatic rings. The predicted octanol–water partition coefficient (Wildman–Crippen LogP) is -1.18. The number of hydrogen-bond donors (Lipinski definition) is 3. The molecule has 1 saturated heterocycles. The number of nitrogens with zero attached hydrogens (tertiary/aromatic N) is 1. The second-order valence-corrected chi connectivity index (χ2v) is 3.37. The van der Waals surface area contributed by atoms with Crippen LogP contribution in [0.5, 0.6) is 0 Å². The fourth-order valence-corrected chi connectivity index (χ4v) is 1.76. The zero-order chi connectivity index (χ0) is 9.84. The highest BCUT2D eigenvalue weighted by atomic mass is 16.3. The van der Waals surface area contributed by atoms with E-state index >= 15 is 0 Å². The number of hydrazine groups is 1. The maximum absolute atomic E-state index is 11.3. The van der Waals surface area contributed by atoms with Crippen LogP contribution in [0.1, 0.15) is 19.8 Å². The van der Waals surface area contributed by atoms with Gasteiger partial charge in [-0.25, -0.2) is 5.84 Å². The van der Waals surface area contributed by atoms with Gasteiger partial charge < -0.3 is 5.11 Å². The molecule has 1 aliphatic rings. The molecule has 0 aromatic heterocycles. The van der Waals surface area contributed by atoms with Crippen LogP contribution in [0.4, 0.5) is 0 Å². The van der Waals surface area contributed by atoms with Gasteiger partial charge in [-0.2, -0.15) is 0 Å². The number of aliphatic hydroxyl groups excluding tert-OH is 1. The number of hydrogen-bond acceptors (Lipinski definition) is 4. The van der Waals surface area contributed by atoms with Crippen LogP contribution in [0.15, 0.2) is 0 Å². The van der Waals surface area contributed by atoms with Crippen molar-refractivity contribution < 1.29 is 9.90 Å². The van der Waals surface area contributed by atoms with Crippen molar-refractivity contribution in [3.63, 3.8) is 0 Å². The fraction of sp³-hybridized carbons (Fsp3) is 0.875. The van der Waals surface area contributed by atoms with Crippen molar-refractivity contribution in [3.05, 3.63) is 0 Å². The van der Waals surface area contributed by atoms with E-state index in [4.69, 9.17) is 5.84 Å². The molecule has 5 nitrogen and oxygen atoms in total. The molecule has 1 heterocycles. The molecule has 76 valence electrons. The van der Waals surface area contributed by atoms with Gasteiger partial charge in [-0.1, -0.05) is 6.92 Å². The maximum Gasteiger partial charge on any atom is 0.251 e. The fourth-order valence-electron chi connectivity index (χ4n) is 1.76. The van der Waals surface area contributed by atoms with E-state index in [-0.39, 0.29) is 18.1 Å². The van der Waals surface area contributed by atoms with E-state index < -0.39 is 0 Å². The summed E-state index contributed by atoms with van der Waals surface area (Å²) >= 11 is 0. The van der Waals surface area contributed by atoms with Crippen LogP contribution in [0.2, 0.25) is 0 Å². The minimum Gasteiger partial charge on any atom is -0.392 e. The van der Waals surface area contributed by atoms with Crippen molar-refractivity contribution in [1.82, 2.24) is 10.3 Å². The lowest BCUT2D eigenvalue weighted by Gasteiger charge is -2.24. The quantitative estimate of drug-likeness (QED) is 0.295. The minimum atomic E-state index is -0.292. The Morgan fingerprint density at radius 2 is 2.54 bits per heavy atom. The van der Waals surface area contributed by atoms with E-state index in [2.05, 4.69) is 5.43 Å². The predicted molar refractivity (Wildman–Crippen MR) is 48.6 cm³/mol. The Morgan fingerprint density at radius 3 is 2.92 bits per heavy atom. The van der Waals surface area contributed by atoms with E-state index in [1.54, 1.807) is 0 Å². The van der Waals surface area contributed by atoms with E-state index in [0.717, 1.165) is 19.4 Å². The minimum absolute atomic E-state index is 0.170. The molecule has 0 spiro atoms. The Balaban J connectivity index is 2.51. The molecule has 1 aliphatic heterocycles. The number of aliphatic hydroxyl groups is 1. The van der Waals surface area contributed by atoms with E-state index in [0.29, 0.717) is 6.54 Å². The Labute approximate surface area is 77.9 Å². The second-order valence-electron chi connectivity index (χ2n) is 3.37. The maximum atomic E-state index is 11.3. The SMILES string of the molecule is CCC(C(=O)NN)N1CCC(O)C1. The monoisotopic (exact) mass is 187 g/mol. The third-order valence-electron chi connectivity index (χ3n) is 2.47. The van der Waals surface area contributed by atoms with Gasteiger partial charge in [-0.05, 0) is 12.8 Å². The molecule has 1 fully saturated rings. The smallest absolute Gasteiger partial charge is 0.251 e. The lowest BCUT2D eigenvalue weighted by molar-refractivity contribution is -0.126. The number of nitrogens with two attached hydrogens (primary N) is 1. The van der Waals surface area contributed by atoms with E-state index in [1.807, 2.05) is 11.8 Å². The van der Waals surface area contributed by atoms with Crippen LogP contribution >= 0.6 is 0 Å². The van der Waals surface area contributed by atoms with Gasteiger partial charge in [0.05, 0.1) is 12.1 Å². The van der Waals surface area contributed by atoms with Gasteiger partial charge in [-0.15, -0.1) is 0 Å². The third-order valence-corrected chi connectivity index (χ3v) is 2.47. The molecular weight excluding hydrogens is 170 g/mol. The summed E-state index contributed by atoms with van der Waals surface area (Å²) < 4.78 is 0. The number of amides is 1. The molecule has 0 saturated carbocycles. The third kappa shape index (κ3) is 2.40. The zero-order valence-electron chi connectivity index (χ0n) is 7.86. The van der Waals surface area contributed by atoms with Crippen LogP contribution in [0.25, 0.3) is 0 Å². The first-order chi connectivity index (χ1) is 6.19. The van der Waals surface area contributed by atoms with Gasteiger partial charge in [0.2, 0.25) is 0 Å². The molecule has 4 N–H and O–H groups in total. The van der Waals surface area contributed by atoms with Crippen molar-refractivity contribution in [2.24, 2.45) is 5.84 Å². The molecule has 2 unspecified atom stereocenters. The first-order valence-electron chi connectivity index (χ1n) is 4.61. The molecule has 0 aliphatic carbocycles. The lowest BCUT2D eigenvalue weighted by atomic mass is 10.2. The molecule has 1 rings (SSSR count). The highest BCUT2D eigenvalue weighted by Crippen LogP contribution is 2.14. The summed E-state index contributed by atoms with van der Waals surface area (Å²) in [5, 5.41) is 9.29. The lowest BCUT2D eigenvalue weighted by Crippen LogP contribution is -2.48. The van der Waals surface area contributed by atoms with Crippen LogP contribution in [0.3, 0.4) is 0 Å². The first kappa shape index (κ1) is 10.4. The number of nitrogens with one attached hydrogen (secondary N) is 1. The van der Waals surface area contributed by atoms with Gasteiger partial charge in [0.15, 0.2) is 0 Å². The summed E-state index contributed by atoms with van der Waals surface area (Å²) in [4.78, 5) is 13.2. The second kappa shape index (κ2) is 4.55. The van der Waals surface area contributed by atoms with Crippen LogP contribution in [-0.2, 0) is 4.79 Å². The molecule has 1 amide bonds. The van der Waals surface area contributed by atoms with Crippen LogP contribution in [-0.4, -0.2) is 41.1 Å². The number of carbonyl (C=O) groups is 1. The summed E-state index contributed by atoms with van der Waals surface area (Å²) in [7, 11) is 0. The Bertz CT molecular complexity index is 186. The van der Waals surface area contributed by atoms with Gasteiger partial charge in [-0.3, -0.25) is 15.1 Å². The topological polar surface area (TPSA) is 78.6 Å². The Kier molecular flexibility index (Phi) is 3.65. The normalized spacial score (nSPS) is 25.9. The number of rotatable bonds is 3. The Hall–Kier alpha value is -0.650. The van der Waals surface area contributed by atoms with Crippen molar-refractivity contribution >= 4 is 5.91 Å². The van der Waals surface area contributed by atoms with Crippen molar-refractivity contribution in [2.75, 3.05) is 13.1 Å². The van der Waals surface area contributed by atoms with Crippen molar-refractivity contribution in [3.8, 4) is 0 Å². The van der Waals surface area contributed by atoms with Gasteiger partial charge in [0, 0.05) is 13.1 Å². The number of β-amino-alcohol motifs (C(OH)–C–C–N with tert-alkyl or cyclic N) is 1. The summed E-state index contributed by atoms with van der Waals surface area (Å²) in [6, 6.07) is -0.192. The van der Waals surface area contributed by atoms with Crippen molar-refractivity contribution in [2.45, 2.75) is 31.9 Å². The van der Waals surface area contributed by atoms with Crippen LogP contribution in [0, 0.1) is 0 Å². The average molecular weight is 187 g/mol. The zero-order valence-corrected chi connectivity index (χ0v) is 7.86. The van der Waals surface area contributed by atoms with E-state index in [9.17, 15) is 9.90 Å². The average Bonchev–Trinajstić information content (AvgIpc) is 2.53. The number of carbonyl (C=O) groups excluding carboxylic acids is 1. The summed E-state index contributed by atoms with van der Waals surface area (Å²) in [5.74, 6) is 4.89. The summed E-state index contributed by atoms with van der Waals surface area (Å²) in [5.41, 5.74) is 2.15. The van der Waals surface area contributed by atoms with Gasteiger partial charge >= 0.3 is 0 Å². The summed E-state index contributed by atoms with van der Waals surface area (Å²) in [6.07, 6.45) is 1.17. The molecule has 2 atom stereocenters. The summed E-state index contributed by atoms with van der Waals surface area (Å²) in [6.45, 7) is 3.28. The van der Waals surface area contributed by atoms with E-state index in [1.165, 1.54) is 0 Å². The molecular formula is C8H17N3O2. The molecule has 13 heavy (non-hydrogen) atoms. The number of likely N-dealkylation sites (tertiary alicyclic amines) is 1. The van der Waals surface area contributed by atoms with Crippen LogP contribution < -0.4 is 11.3 Å². The standard InChI is InChI=1S/C8H17N3O2/c1-2-7(8(13)10-9)11-4-3-6(12)5-11/h6-7,12H,2-5,9H2,1H3,(H,10,13). The first-order valence-corrected chi connectivity index (χ1v) is 4.61. The Morgan fingerprint density at radius 1 is 1.85 bits per heavy atom. The molecule has 5 heteroatoms. The van der Waals surface area contributed by atoms with Gasteiger partial charge in [0.1, 0.15) is 0 Å². The van der Waals surface area contributed by atoms with Crippen molar-refractivity contribution in [1.29, 1.82) is 0 Å². The molecule has 0 aromatic carbocycles. The molecule has 0 radical (unpaired) electrons. The highest BCUT2D eigenvalue weighted by Gasteiger charge is 2.29. The van der Waals surface area contributed by atoms with Gasteiger partial charge in [0.25, 0.3) is 5.91 Å². The highest BCUT2D eigenvalue weighted by molar-refractivity contribution is 5.81. The molecule has 0 bridgehead atoms.